The van der Waals surface area contributed by atoms with Gasteiger partial charge in [-0.2, -0.15) is 0 Å². The number of hydrogen-bond acceptors (Lipinski definition) is 1. The van der Waals surface area contributed by atoms with Gasteiger partial charge >= 0.3 is 0 Å². The lowest BCUT2D eigenvalue weighted by Crippen LogP contribution is -2.27. The van der Waals surface area contributed by atoms with Crippen LogP contribution in [-0.2, 0) is 0 Å². The molecule has 0 N–H and O–H groups in total. The minimum absolute atomic E-state index is 0.805. The van der Waals surface area contributed by atoms with E-state index in [1.54, 1.807) is 0 Å². The van der Waals surface area contributed by atoms with E-state index < -0.39 is 0 Å². The van der Waals surface area contributed by atoms with Crippen molar-refractivity contribution in [1.29, 1.82) is 0 Å². The smallest absolute Gasteiger partial charge is 0.00891 e. The van der Waals surface area contributed by atoms with Gasteiger partial charge in [-0.1, -0.05) is 102 Å². The molecule has 0 aliphatic rings. The fourth-order valence-corrected chi connectivity index (χ4v) is 3.66. The number of hydrogen-bond donors (Lipinski definition) is 0. The number of unbranched alkanes of at least 4 members (excludes halogenated alkanes) is 11. The first-order valence-electron chi connectivity index (χ1n) is 12.2. The second-order valence-electron chi connectivity index (χ2n) is 8.49. The lowest BCUT2D eigenvalue weighted by atomic mass is 10.00. The topological polar surface area (TPSA) is 3.24 Å². The van der Waals surface area contributed by atoms with Crippen LogP contribution in [-0.4, -0.2) is 25.0 Å². The second kappa shape index (κ2) is 21.7. The fraction of sp³-hybridized carbons (Fsp3) is 0.846. The molecule has 160 valence electrons. The minimum atomic E-state index is 0.805. The molecule has 0 aromatic rings. The Morgan fingerprint density at radius 2 is 1.00 bits per heavy atom. The highest BCUT2D eigenvalue weighted by Crippen LogP contribution is 2.16. The van der Waals surface area contributed by atoms with Gasteiger partial charge in [-0.3, -0.25) is 0 Å². The van der Waals surface area contributed by atoms with E-state index in [2.05, 4.69) is 57.1 Å². The van der Waals surface area contributed by atoms with Crippen LogP contribution in [0.3, 0.4) is 0 Å². The molecule has 0 amide bonds. The molecule has 1 unspecified atom stereocenters. The van der Waals surface area contributed by atoms with Crippen LogP contribution in [0.5, 0.6) is 0 Å². The van der Waals surface area contributed by atoms with E-state index in [1.165, 1.54) is 103 Å². The number of rotatable bonds is 20. The molecule has 1 nitrogen and oxygen atoms in total. The highest BCUT2D eigenvalue weighted by atomic mass is 15.1. The van der Waals surface area contributed by atoms with Crippen LogP contribution >= 0.6 is 0 Å². The third kappa shape index (κ3) is 20.0. The summed E-state index contributed by atoms with van der Waals surface area (Å²) in [5.41, 5.74) is 0. The Morgan fingerprint density at radius 1 is 0.556 bits per heavy atom. The van der Waals surface area contributed by atoms with E-state index >= 15 is 0 Å². The Bertz CT molecular complexity index is 329. The molecule has 1 atom stereocenters. The molecule has 0 aromatic carbocycles. The van der Waals surface area contributed by atoms with Crippen molar-refractivity contribution in [3.8, 4) is 0 Å². The van der Waals surface area contributed by atoms with E-state index in [-0.39, 0.29) is 0 Å². The van der Waals surface area contributed by atoms with Crippen molar-refractivity contribution in [2.24, 2.45) is 0 Å². The van der Waals surface area contributed by atoms with Gasteiger partial charge in [0, 0.05) is 6.04 Å². The minimum Gasteiger partial charge on any atom is -0.306 e. The molecule has 27 heavy (non-hydrogen) atoms. The highest BCUT2D eigenvalue weighted by molar-refractivity contribution is 4.92. The van der Waals surface area contributed by atoms with Crippen LogP contribution in [0.1, 0.15) is 123 Å². The van der Waals surface area contributed by atoms with Crippen LogP contribution < -0.4 is 0 Å². The first-order valence-corrected chi connectivity index (χ1v) is 12.2. The zero-order valence-corrected chi connectivity index (χ0v) is 19.4. The Kier molecular flexibility index (Phi) is 21.3. The molecule has 1 heteroatoms. The van der Waals surface area contributed by atoms with Crippen LogP contribution in [0.2, 0.25) is 0 Å². The van der Waals surface area contributed by atoms with Gasteiger partial charge in [-0.25, -0.2) is 0 Å². The summed E-state index contributed by atoms with van der Waals surface area (Å²) in [6, 6.07) is 0.805. The standard InChI is InChI=1S/C26H51N/c1-5-7-9-11-12-13-14-15-16-17-18-19-20-21-23-25-26(27(3)4)24-22-10-8-6-2/h12-13,15-16,26H,5-11,14,17-25H2,1-4H3/b13-12+,16-15+. The number of allylic oxidation sites excluding steroid dienone is 4. The third-order valence-electron chi connectivity index (χ3n) is 5.61. The largest absolute Gasteiger partial charge is 0.306 e. The molecule has 0 radical (unpaired) electrons. The molecule has 0 saturated heterocycles. The molecule has 0 aliphatic carbocycles. The van der Waals surface area contributed by atoms with E-state index in [9.17, 15) is 0 Å². The second-order valence-corrected chi connectivity index (χ2v) is 8.49. The van der Waals surface area contributed by atoms with Crippen molar-refractivity contribution < 1.29 is 0 Å². The lowest BCUT2D eigenvalue weighted by molar-refractivity contribution is 0.251. The molecule has 0 fully saturated rings. The summed E-state index contributed by atoms with van der Waals surface area (Å²) in [7, 11) is 4.52. The van der Waals surface area contributed by atoms with E-state index in [4.69, 9.17) is 0 Å². The fourth-order valence-electron chi connectivity index (χ4n) is 3.66. The van der Waals surface area contributed by atoms with Crippen molar-refractivity contribution in [2.75, 3.05) is 14.1 Å². The van der Waals surface area contributed by atoms with Gasteiger partial charge in [-0.05, 0) is 59.0 Å². The average molecular weight is 378 g/mol. The zero-order chi connectivity index (χ0) is 20.0. The summed E-state index contributed by atoms with van der Waals surface area (Å²) in [4.78, 5) is 2.45. The van der Waals surface area contributed by atoms with Crippen molar-refractivity contribution in [3.05, 3.63) is 24.3 Å². The zero-order valence-electron chi connectivity index (χ0n) is 19.4. The SMILES string of the molecule is CCCCC/C=C/C/C=C/CCCCCCCC(CCCCCC)N(C)C. The summed E-state index contributed by atoms with van der Waals surface area (Å²) in [6.45, 7) is 4.56. The first-order chi connectivity index (χ1) is 13.2. The summed E-state index contributed by atoms with van der Waals surface area (Å²) in [5.74, 6) is 0. The maximum Gasteiger partial charge on any atom is 0.00891 e. The average Bonchev–Trinajstić information content (AvgIpc) is 2.66. The van der Waals surface area contributed by atoms with Gasteiger partial charge in [0.25, 0.3) is 0 Å². The Labute approximate surface area is 172 Å². The summed E-state index contributed by atoms with van der Waals surface area (Å²) in [5, 5.41) is 0. The molecule has 0 aliphatic heterocycles. The predicted molar refractivity (Wildman–Crippen MR) is 126 cm³/mol. The summed E-state index contributed by atoms with van der Waals surface area (Å²) >= 11 is 0. The van der Waals surface area contributed by atoms with E-state index in [0.717, 1.165) is 12.5 Å². The normalized spacial score (nSPS) is 13.4. The van der Waals surface area contributed by atoms with Gasteiger partial charge < -0.3 is 4.90 Å². The quantitative estimate of drug-likeness (QED) is 0.151. The van der Waals surface area contributed by atoms with E-state index in [1.807, 2.05) is 0 Å². The van der Waals surface area contributed by atoms with Crippen molar-refractivity contribution in [3.63, 3.8) is 0 Å². The van der Waals surface area contributed by atoms with Crippen molar-refractivity contribution in [1.82, 2.24) is 4.90 Å². The Balaban J connectivity index is 3.47. The van der Waals surface area contributed by atoms with Gasteiger partial charge in [0.2, 0.25) is 0 Å². The van der Waals surface area contributed by atoms with Crippen molar-refractivity contribution in [2.45, 2.75) is 129 Å². The Hall–Kier alpha value is -0.560. The maximum atomic E-state index is 2.45. The summed E-state index contributed by atoms with van der Waals surface area (Å²) < 4.78 is 0. The molecular weight excluding hydrogens is 326 g/mol. The number of nitrogens with zero attached hydrogens (tertiary/aromatic N) is 1. The molecule has 0 heterocycles. The molecule has 0 spiro atoms. The molecule has 0 aromatic heterocycles. The van der Waals surface area contributed by atoms with Crippen LogP contribution in [0.4, 0.5) is 0 Å². The first kappa shape index (κ1) is 26.4. The maximum absolute atomic E-state index is 2.45. The lowest BCUT2D eigenvalue weighted by Gasteiger charge is -2.24. The van der Waals surface area contributed by atoms with Gasteiger partial charge in [0.1, 0.15) is 0 Å². The summed E-state index contributed by atoms with van der Waals surface area (Å²) in [6.07, 6.45) is 32.5. The van der Waals surface area contributed by atoms with Gasteiger partial charge in [0.05, 0.1) is 0 Å². The Morgan fingerprint density at radius 3 is 1.56 bits per heavy atom. The molecule has 0 bridgehead atoms. The van der Waals surface area contributed by atoms with Crippen molar-refractivity contribution >= 4 is 0 Å². The van der Waals surface area contributed by atoms with Crippen LogP contribution in [0.15, 0.2) is 24.3 Å². The monoisotopic (exact) mass is 377 g/mol. The van der Waals surface area contributed by atoms with Crippen LogP contribution in [0.25, 0.3) is 0 Å². The van der Waals surface area contributed by atoms with Gasteiger partial charge in [0.15, 0.2) is 0 Å². The van der Waals surface area contributed by atoms with E-state index in [0.29, 0.717) is 0 Å². The predicted octanol–water partition coefficient (Wildman–Crippen LogP) is 8.70. The molecule has 0 rings (SSSR count). The molecule has 0 saturated carbocycles. The molecular formula is C26H51N. The van der Waals surface area contributed by atoms with Gasteiger partial charge in [-0.15, -0.1) is 0 Å². The van der Waals surface area contributed by atoms with Crippen LogP contribution in [0, 0.1) is 0 Å². The highest BCUT2D eigenvalue weighted by Gasteiger charge is 2.10. The third-order valence-corrected chi connectivity index (χ3v) is 5.61.